The fourth-order valence-electron chi connectivity index (χ4n) is 2.68. The number of carboxylic acid groups (broad SMARTS) is 1. The Bertz CT molecular complexity index is 440. The van der Waals surface area contributed by atoms with Crippen LogP contribution in [0.15, 0.2) is 0 Å². The molecule has 1 saturated carbocycles. The quantitative estimate of drug-likeness (QED) is 0.868. The molecule has 0 saturated heterocycles. The topological polar surface area (TPSA) is 90.1 Å². The second kappa shape index (κ2) is 5.64. The van der Waals surface area contributed by atoms with Crippen LogP contribution in [0.5, 0.6) is 0 Å². The first-order chi connectivity index (χ1) is 9.09. The van der Waals surface area contributed by atoms with Crippen molar-refractivity contribution >= 4 is 5.97 Å². The van der Waals surface area contributed by atoms with E-state index in [2.05, 4.69) is 15.5 Å². The molecule has 0 aliphatic heterocycles. The molecule has 19 heavy (non-hydrogen) atoms. The molecule has 7 heteroatoms. The number of tetrazole rings is 1. The van der Waals surface area contributed by atoms with Gasteiger partial charge in [-0.2, -0.15) is 0 Å². The summed E-state index contributed by atoms with van der Waals surface area (Å²) in [6.45, 7) is 2.16. The number of aromatic nitrogens is 4. The van der Waals surface area contributed by atoms with E-state index in [4.69, 9.17) is 4.74 Å². The molecule has 7 nitrogen and oxygen atoms in total. The molecule has 1 aromatic rings. The Hall–Kier alpha value is -1.50. The second-order valence-electron chi connectivity index (χ2n) is 5.22. The molecule has 1 aliphatic carbocycles. The van der Waals surface area contributed by atoms with Crippen molar-refractivity contribution in [3.63, 3.8) is 0 Å². The van der Waals surface area contributed by atoms with Gasteiger partial charge < -0.3 is 9.84 Å². The van der Waals surface area contributed by atoms with E-state index in [1.165, 1.54) is 0 Å². The monoisotopic (exact) mass is 268 g/mol. The van der Waals surface area contributed by atoms with E-state index in [0.29, 0.717) is 25.2 Å². The largest absolute Gasteiger partial charge is 0.481 e. The van der Waals surface area contributed by atoms with E-state index < -0.39 is 11.4 Å². The van der Waals surface area contributed by atoms with Crippen LogP contribution in [0, 0.1) is 5.41 Å². The Balaban J connectivity index is 2.22. The molecule has 106 valence electrons. The lowest BCUT2D eigenvalue weighted by Crippen LogP contribution is -2.38. The summed E-state index contributed by atoms with van der Waals surface area (Å²) in [5, 5.41) is 21.0. The molecule has 0 bridgehead atoms. The van der Waals surface area contributed by atoms with Gasteiger partial charge in [-0.15, -0.1) is 5.10 Å². The van der Waals surface area contributed by atoms with Gasteiger partial charge in [0.1, 0.15) is 6.10 Å². The average molecular weight is 268 g/mol. The molecule has 1 aromatic heterocycles. The van der Waals surface area contributed by atoms with E-state index in [-0.39, 0.29) is 6.10 Å². The predicted molar refractivity (Wildman–Crippen MR) is 66.4 cm³/mol. The summed E-state index contributed by atoms with van der Waals surface area (Å²) in [4.78, 5) is 11.6. The smallest absolute Gasteiger partial charge is 0.311 e. The number of methoxy groups -OCH3 is 1. The Morgan fingerprint density at radius 3 is 2.74 bits per heavy atom. The third kappa shape index (κ3) is 2.75. The average Bonchev–Trinajstić information content (AvgIpc) is 2.86. The summed E-state index contributed by atoms with van der Waals surface area (Å²) in [5.41, 5.74) is -0.740. The van der Waals surface area contributed by atoms with Crippen LogP contribution in [0.1, 0.15) is 51.0 Å². The number of rotatable bonds is 5. The van der Waals surface area contributed by atoms with Crippen molar-refractivity contribution in [2.75, 3.05) is 7.11 Å². The first kappa shape index (κ1) is 13.9. The Morgan fingerprint density at radius 1 is 1.47 bits per heavy atom. The number of carbonyl (C=O) groups is 1. The van der Waals surface area contributed by atoms with Crippen LogP contribution in [0.4, 0.5) is 0 Å². The van der Waals surface area contributed by atoms with Crippen LogP contribution in [0.3, 0.4) is 0 Å². The van der Waals surface area contributed by atoms with Gasteiger partial charge in [-0.05, 0) is 30.2 Å². The van der Waals surface area contributed by atoms with Crippen molar-refractivity contribution in [2.45, 2.75) is 51.7 Å². The van der Waals surface area contributed by atoms with Gasteiger partial charge in [-0.3, -0.25) is 4.79 Å². The first-order valence-corrected chi connectivity index (χ1v) is 6.61. The Labute approximate surface area is 111 Å². The maximum Gasteiger partial charge on any atom is 0.311 e. The molecule has 1 N–H and O–H groups in total. The highest BCUT2D eigenvalue weighted by Crippen LogP contribution is 2.38. The molecule has 1 heterocycles. The summed E-state index contributed by atoms with van der Waals surface area (Å²) in [5.74, 6) is -0.174. The number of ether oxygens (including phenoxy) is 1. The molecule has 1 aliphatic rings. The third-order valence-electron chi connectivity index (χ3n) is 3.99. The highest BCUT2D eigenvalue weighted by Gasteiger charge is 2.41. The minimum Gasteiger partial charge on any atom is -0.481 e. The highest BCUT2D eigenvalue weighted by molar-refractivity contribution is 5.74. The summed E-state index contributed by atoms with van der Waals surface area (Å²) >= 11 is 0. The SMILES string of the molecule is COC(C)c1nnnn1CC1(C(=O)O)CCCCC1. The molecule has 0 spiro atoms. The van der Waals surface area contributed by atoms with E-state index in [0.717, 1.165) is 19.3 Å². The zero-order chi connectivity index (χ0) is 13.9. The van der Waals surface area contributed by atoms with Crippen molar-refractivity contribution in [1.29, 1.82) is 0 Å². The molecule has 1 atom stereocenters. The van der Waals surface area contributed by atoms with E-state index in [1.54, 1.807) is 11.8 Å². The molecule has 0 aromatic carbocycles. The number of aliphatic carboxylic acids is 1. The molecule has 0 amide bonds. The summed E-state index contributed by atoms with van der Waals surface area (Å²) in [7, 11) is 1.58. The van der Waals surface area contributed by atoms with Crippen molar-refractivity contribution in [1.82, 2.24) is 20.2 Å². The zero-order valence-electron chi connectivity index (χ0n) is 11.4. The third-order valence-corrected chi connectivity index (χ3v) is 3.99. The predicted octanol–water partition coefficient (Wildman–Crippen LogP) is 1.42. The van der Waals surface area contributed by atoms with Gasteiger partial charge in [0.25, 0.3) is 0 Å². The minimum absolute atomic E-state index is 0.246. The lowest BCUT2D eigenvalue weighted by atomic mass is 9.74. The van der Waals surface area contributed by atoms with E-state index in [9.17, 15) is 9.90 Å². The number of hydrogen-bond donors (Lipinski definition) is 1. The summed E-state index contributed by atoms with van der Waals surface area (Å²) < 4.78 is 6.78. The van der Waals surface area contributed by atoms with Gasteiger partial charge in [0, 0.05) is 7.11 Å². The first-order valence-electron chi connectivity index (χ1n) is 6.61. The molecule has 0 radical (unpaired) electrons. The number of nitrogens with zero attached hydrogens (tertiary/aromatic N) is 4. The van der Waals surface area contributed by atoms with Crippen molar-refractivity contribution in [3.8, 4) is 0 Å². The van der Waals surface area contributed by atoms with Crippen LogP contribution >= 0.6 is 0 Å². The highest BCUT2D eigenvalue weighted by atomic mass is 16.5. The van der Waals surface area contributed by atoms with Gasteiger partial charge in [-0.25, -0.2) is 4.68 Å². The van der Waals surface area contributed by atoms with Crippen molar-refractivity contribution in [2.24, 2.45) is 5.41 Å². The Kier molecular flexibility index (Phi) is 4.14. The Morgan fingerprint density at radius 2 is 2.16 bits per heavy atom. The van der Waals surface area contributed by atoms with Crippen LogP contribution < -0.4 is 0 Å². The molecule has 1 unspecified atom stereocenters. The summed E-state index contributed by atoms with van der Waals surface area (Å²) in [6, 6.07) is 0. The molecular weight excluding hydrogens is 248 g/mol. The zero-order valence-corrected chi connectivity index (χ0v) is 11.4. The lowest BCUT2D eigenvalue weighted by molar-refractivity contribution is -0.152. The van der Waals surface area contributed by atoms with Gasteiger partial charge in [-0.1, -0.05) is 19.3 Å². The number of hydrogen-bond acceptors (Lipinski definition) is 5. The van der Waals surface area contributed by atoms with Crippen LogP contribution in [-0.4, -0.2) is 38.4 Å². The van der Waals surface area contributed by atoms with Gasteiger partial charge >= 0.3 is 5.97 Å². The van der Waals surface area contributed by atoms with E-state index >= 15 is 0 Å². The van der Waals surface area contributed by atoms with Gasteiger partial charge in [0.2, 0.25) is 0 Å². The molecule has 2 rings (SSSR count). The van der Waals surface area contributed by atoms with Crippen LogP contribution in [-0.2, 0) is 16.1 Å². The normalized spacial score (nSPS) is 20.1. The number of carboxylic acids is 1. The minimum atomic E-state index is -0.751. The van der Waals surface area contributed by atoms with Crippen LogP contribution in [0.2, 0.25) is 0 Å². The summed E-state index contributed by atoms with van der Waals surface area (Å²) in [6.07, 6.45) is 4.12. The van der Waals surface area contributed by atoms with Gasteiger partial charge in [0.15, 0.2) is 5.82 Å². The second-order valence-corrected chi connectivity index (χ2v) is 5.22. The fraction of sp³-hybridized carbons (Fsp3) is 0.833. The van der Waals surface area contributed by atoms with Crippen molar-refractivity contribution in [3.05, 3.63) is 5.82 Å². The standard InChI is InChI=1S/C12H20N4O3/c1-9(19-2)10-13-14-15-16(10)8-12(11(17)18)6-4-3-5-7-12/h9H,3-8H2,1-2H3,(H,17,18). The molecular formula is C12H20N4O3. The van der Waals surface area contributed by atoms with E-state index in [1.807, 2.05) is 6.92 Å². The maximum absolute atomic E-state index is 11.6. The maximum atomic E-state index is 11.6. The van der Waals surface area contributed by atoms with Gasteiger partial charge in [0.05, 0.1) is 12.0 Å². The van der Waals surface area contributed by atoms with Crippen molar-refractivity contribution < 1.29 is 14.6 Å². The van der Waals surface area contributed by atoms with Crippen LogP contribution in [0.25, 0.3) is 0 Å². The molecule has 1 fully saturated rings. The fourth-order valence-corrected chi connectivity index (χ4v) is 2.68. The lowest BCUT2D eigenvalue weighted by Gasteiger charge is -2.33.